The Bertz CT molecular complexity index is 1860. The molecule has 1 aliphatic heterocycles. The maximum Gasteiger partial charge on any atom is 0.228 e. The molecule has 39 heavy (non-hydrogen) atoms. The van der Waals surface area contributed by atoms with Gasteiger partial charge in [-0.2, -0.15) is 0 Å². The van der Waals surface area contributed by atoms with E-state index in [0.29, 0.717) is 28.9 Å². The van der Waals surface area contributed by atoms with Crippen molar-refractivity contribution in [3.8, 4) is 40.3 Å². The molecule has 0 N–H and O–H groups in total. The highest BCUT2D eigenvalue weighted by molar-refractivity contribution is 5.91. The monoisotopic (exact) mass is 516 g/mol. The highest BCUT2D eigenvalue weighted by Crippen LogP contribution is 2.50. The molecule has 6 aromatic rings. The van der Waals surface area contributed by atoms with Crippen molar-refractivity contribution in [3.05, 3.63) is 102 Å². The van der Waals surface area contributed by atoms with Gasteiger partial charge in [0.05, 0.1) is 26.9 Å². The van der Waals surface area contributed by atoms with Gasteiger partial charge in [0.1, 0.15) is 17.8 Å². The maximum absolute atomic E-state index is 6.52. The van der Waals surface area contributed by atoms with Gasteiger partial charge in [-0.15, -0.1) is 5.10 Å². The quantitative estimate of drug-likeness (QED) is 0.267. The normalized spacial score (nSPS) is 14.0. The van der Waals surface area contributed by atoms with Gasteiger partial charge in [0.25, 0.3) is 0 Å². The molecule has 7 rings (SSSR count). The minimum atomic E-state index is -0.182. The van der Waals surface area contributed by atoms with E-state index in [1.807, 2.05) is 42.5 Å². The number of fused-ring (bicyclic) bond motifs is 6. The Kier molecular flexibility index (Phi) is 5.33. The average Bonchev–Trinajstić information content (AvgIpc) is 3.44. The van der Waals surface area contributed by atoms with E-state index in [4.69, 9.17) is 34.0 Å². The molecule has 0 saturated heterocycles. The average molecular weight is 517 g/mol. The lowest BCUT2D eigenvalue weighted by molar-refractivity contribution is 0.355. The lowest BCUT2D eigenvalue weighted by Crippen LogP contribution is -2.15. The van der Waals surface area contributed by atoms with Gasteiger partial charge in [0, 0.05) is 22.4 Å². The number of rotatable bonds is 5. The van der Waals surface area contributed by atoms with Crippen LogP contribution >= 0.6 is 0 Å². The van der Waals surface area contributed by atoms with Crippen LogP contribution in [0.25, 0.3) is 27.8 Å². The molecule has 0 saturated carbocycles. The molecule has 4 aromatic carbocycles. The molecular weight excluding hydrogens is 492 g/mol. The van der Waals surface area contributed by atoms with Gasteiger partial charge in [-0.3, -0.25) is 0 Å². The largest absolute Gasteiger partial charge is 0.497 e. The molecule has 8 nitrogen and oxygen atoms in total. The summed E-state index contributed by atoms with van der Waals surface area (Å²) < 4.78 is 24.6. The molecule has 0 aliphatic carbocycles. The zero-order chi connectivity index (χ0) is 26.5. The summed E-state index contributed by atoms with van der Waals surface area (Å²) in [5.41, 5.74) is 4.43. The Balaban J connectivity index is 1.46. The molecule has 0 radical (unpaired) electrons. The molecule has 0 spiro atoms. The molecule has 0 amide bonds. The van der Waals surface area contributed by atoms with Crippen molar-refractivity contribution in [2.75, 3.05) is 21.3 Å². The van der Waals surface area contributed by atoms with Crippen molar-refractivity contribution < 1.29 is 18.9 Å². The van der Waals surface area contributed by atoms with Crippen molar-refractivity contribution in [2.45, 2.75) is 5.92 Å². The number of benzene rings is 4. The van der Waals surface area contributed by atoms with E-state index in [0.717, 1.165) is 44.5 Å². The van der Waals surface area contributed by atoms with Crippen molar-refractivity contribution in [2.24, 2.45) is 0 Å². The van der Waals surface area contributed by atoms with Gasteiger partial charge in [0.15, 0.2) is 23.0 Å². The Labute approximate surface area is 224 Å². The molecule has 0 fully saturated rings. The zero-order valence-corrected chi connectivity index (χ0v) is 21.6. The first-order valence-electron chi connectivity index (χ1n) is 12.5. The first-order chi connectivity index (χ1) is 19.2. The number of aromatic nitrogens is 4. The third-order valence-corrected chi connectivity index (χ3v) is 7.19. The standard InChI is InChI=1S/C31H24N4O4/c1-36-21-12-8-19(9-13-21)26-23-14-10-18-6-4-5-7-22(18)28(23)39-31-27(26)30-33-29(34-35(30)17-32-31)20-11-15-24(37-2)25(16-20)38-3/h4-17,26H,1-3H3/t26-/m1/s1. The molecule has 1 atom stereocenters. The predicted molar refractivity (Wildman–Crippen MR) is 147 cm³/mol. The van der Waals surface area contributed by atoms with Crippen LogP contribution in [0.5, 0.6) is 28.9 Å². The lowest BCUT2D eigenvalue weighted by Gasteiger charge is -2.28. The minimum Gasteiger partial charge on any atom is -0.497 e. The molecule has 0 unspecified atom stereocenters. The first kappa shape index (κ1) is 23.0. The minimum absolute atomic E-state index is 0.182. The van der Waals surface area contributed by atoms with Crippen LogP contribution in [-0.2, 0) is 0 Å². The molecule has 1 aliphatic rings. The van der Waals surface area contributed by atoms with E-state index in [1.165, 1.54) is 0 Å². The second-order valence-electron chi connectivity index (χ2n) is 9.25. The van der Waals surface area contributed by atoms with Crippen LogP contribution in [0.15, 0.2) is 85.2 Å². The summed E-state index contributed by atoms with van der Waals surface area (Å²) in [6, 6.07) is 26.2. The summed E-state index contributed by atoms with van der Waals surface area (Å²) in [6.45, 7) is 0. The van der Waals surface area contributed by atoms with Crippen LogP contribution < -0.4 is 18.9 Å². The summed E-state index contributed by atoms with van der Waals surface area (Å²) in [4.78, 5) is 9.68. The summed E-state index contributed by atoms with van der Waals surface area (Å²) in [7, 11) is 4.88. The van der Waals surface area contributed by atoms with Gasteiger partial charge < -0.3 is 18.9 Å². The van der Waals surface area contributed by atoms with Crippen LogP contribution in [-0.4, -0.2) is 40.9 Å². The summed E-state index contributed by atoms with van der Waals surface area (Å²) in [6.07, 6.45) is 1.65. The fourth-order valence-electron chi connectivity index (χ4n) is 5.29. The van der Waals surface area contributed by atoms with Crippen LogP contribution in [0.4, 0.5) is 0 Å². The topological polar surface area (TPSA) is 80.0 Å². The van der Waals surface area contributed by atoms with Crippen molar-refractivity contribution in [3.63, 3.8) is 0 Å². The molecule has 3 heterocycles. The van der Waals surface area contributed by atoms with Gasteiger partial charge in [0.2, 0.25) is 5.88 Å². The highest BCUT2D eigenvalue weighted by atomic mass is 16.5. The second-order valence-corrected chi connectivity index (χ2v) is 9.25. The van der Waals surface area contributed by atoms with Gasteiger partial charge in [-0.25, -0.2) is 14.5 Å². The van der Waals surface area contributed by atoms with Crippen LogP contribution in [0.1, 0.15) is 22.6 Å². The molecule has 192 valence electrons. The Morgan fingerprint density at radius 1 is 0.821 bits per heavy atom. The van der Waals surface area contributed by atoms with Crippen molar-refractivity contribution in [1.29, 1.82) is 0 Å². The Morgan fingerprint density at radius 2 is 1.64 bits per heavy atom. The summed E-state index contributed by atoms with van der Waals surface area (Å²) in [5, 5.41) is 6.89. The summed E-state index contributed by atoms with van der Waals surface area (Å²) in [5.74, 6) is 3.72. The highest BCUT2D eigenvalue weighted by Gasteiger charge is 2.34. The Hall–Kier alpha value is -5.11. The van der Waals surface area contributed by atoms with E-state index in [1.54, 1.807) is 32.2 Å². The van der Waals surface area contributed by atoms with Crippen LogP contribution in [0.3, 0.4) is 0 Å². The molecule has 2 aromatic heterocycles. The maximum atomic E-state index is 6.52. The van der Waals surface area contributed by atoms with Gasteiger partial charge in [-0.1, -0.05) is 48.5 Å². The number of ether oxygens (including phenoxy) is 4. The number of methoxy groups -OCH3 is 3. The van der Waals surface area contributed by atoms with Crippen molar-refractivity contribution >= 4 is 16.4 Å². The lowest BCUT2D eigenvalue weighted by atomic mass is 9.83. The van der Waals surface area contributed by atoms with Crippen LogP contribution in [0, 0.1) is 0 Å². The molecule has 0 bridgehead atoms. The van der Waals surface area contributed by atoms with Crippen molar-refractivity contribution in [1.82, 2.24) is 19.6 Å². The fourth-order valence-corrected chi connectivity index (χ4v) is 5.29. The number of hydrogen-bond acceptors (Lipinski definition) is 7. The molecule has 8 heteroatoms. The fraction of sp³-hybridized carbons (Fsp3) is 0.129. The molecular formula is C31H24N4O4. The number of hydrogen-bond donors (Lipinski definition) is 0. The van der Waals surface area contributed by atoms with E-state index in [-0.39, 0.29) is 5.92 Å². The van der Waals surface area contributed by atoms with Gasteiger partial charge in [-0.05, 0) is 41.3 Å². The predicted octanol–water partition coefficient (Wildman–Crippen LogP) is 6.26. The van der Waals surface area contributed by atoms with E-state index < -0.39 is 0 Å². The third-order valence-electron chi connectivity index (χ3n) is 7.19. The van der Waals surface area contributed by atoms with E-state index >= 15 is 0 Å². The SMILES string of the molecule is COc1ccc([C@@H]2c3ccc4ccccc4c3Oc3ncn4nc(-c5ccc(OC)c(OC)c5)nc4c32)cc1. The Morgan fingerprint density at radius 3 is 2.44 bits per heavy atom. The zero-order valence-electron chi connectivity index (χ0n) is 21.6. The first-order valence-corrected chi connectivity index (χ1v) is 12.5. The van der Waals surface area contributed by atoms with E-state index in [9.17, 15) is 0 Å². The summed E-state index contributed by atoms with van der Waals surface area (Å²) >= 11 is 0. The smallest absolute Gasteiger partial charge is 0.228 e. The second kappa shape index (κ2) is 9.02. The third kappa shape index (κ3) is 3.64. The number of nitrogens with zero attached hydrogens (tertiary/aromatic N) is 4. The van der Waals surface area contributed by atoms with Crippen LogP contribution in [0.2, 0.25) is 0 Å². The van der Waals surface area contributed by atoms with Gasteiger partial charge >= 0.3 is 0 Å². The van der Waals surface area contributed by atoms with E-state index in [2.05, 4.69) is 36.4 Å².